The molecule has 4 unspecified atom stereocenters. The molecule has 0 spiro atoms. The molecule has 0 radical (unpaired) electrons. The Labute approximate surface area is 113 Å². The van der Waals surface area contributed by atoms with E-state index in [-0.39, 0.29) is 63.6 Å². The van der Waals surface area contributed by atoms with Gasteiger partial charge in [0.1, 0.15) is 0 Å². The van der Waals surface area contributed by atoms with E-state index in [4.69, 9.17) is 4.74 Å². The van der Waals surface area contributed by atoms with Crippen molar-refractivity contribution in [3.63, 3.8) is 0 Å². The fourth-order valence-corrected chi connectivity index (χ4v) is 1.59. The van der Waals surface area contributed by atoms with Crippen molar-refractivity contribution >= 4 is 12.6 Å². The molecule has 1 fully saturated rings. The molecule has 3 nitrogen and oxygen atoms in total. The molecule has 58 valence electrons. The van der Waals surface area contributed by atoms with E-state index in [1.54, 1.807) is 12.2 Å². The van der Waals surface area contributed by atoms with Crippen LogP contribution in [0.15, 0.2) is 12.2 Å². The summed E-state index contributed by atoms with van der Waals surface area (Å²) in [5, 5.41) is 0. The van der Waals surface area contributed by atoms with Gasteiger partial charge in [0.2, 0.25) is 0 Å². The minimum atomic E-state index is -0.428. The number of fused-ring (bicyclic) bond motifs is 2. The van der Waals surface area contributed by atoms with Crippen molar-refractivity contribution in [2.75, 3.05) is 0 Å². The third-order valence-electron chi connectivity index (χ3n) is 2.17. The number of rotatable bonds is 2. The van der Waals surface area contributed by atoms with Gasteiger partial charge in [0.25, 0.3) is 0 Å². The summed E-state index contributed by atoms with van der Waals surface area (Å²) in [6.45, 7) is 0. The Bertz CT molecular complexity index is 204. The molecule has 0 amide bonds. The Kier molecular flexibility index (Phi) is 3.82. The standard InChI is InChI=1S/C8H6O3.K/c9-3-5-6(4-10)8-2-1-7(5)11-8;/h1-2,5-8H;/q-2;+1. The van der Waals surface area contributed by atoms with Crippen LogP contribution in [-0.4, -0.2) is 24.8 Å². The molecule has 0 aromatic rings. The maximum Gasteiger partial charge on any atom is 1.00 e. The normalized spacial score (nSPS) is 42.3. The molecule has 4 atom stereocenters. The average molecular weight is 189 g/mol. The van der Waals surface area contributed by atoms with Gasteiger partial charge in [-0.05, 0) is 0 Å². The van der Waals surface area contributed by atoms with Gasteiger partial charge in [-0.3, -0.25) is 12.6 Å². The van der Waals surface area contributed by atoms with E-state index >= 15 is 0 Å². The van der Waals surface area contributed by atoms with E-state index in [1.807, 2.05) is 12.6 Å². The van der Waals surface area contributed by atoms with Gasteiger partial charge in [-0.1, -0.05) is 12.2 Å². The van der Waals surface area contributed by atoms with Crippen molar-refractivity contribution < 1.29 is 65.7 Å². The van der Waals surface area contributed by atoms with Crippen LogP contribution in [0.25, 0.3) is 0 Å². The Morgan fingerprint density at radius 1 is 1.00 bits per heavy atom. The zero-order valence-electron chi connectivity index (χ0n) is 6.69. The summed E-state index contributed by atoms with van der Waals surface area (Å²) in [7, 11) is 0. The Morgan fingerprint density at radius 2 is 1.42 bits per heavy atom. The van der Waals surface area contributed by atoms with Gasteiger partial charge in [-0.25, -0.2) is 0 Å². The first-order valence-electron chi connectivity index (χ1n) is 3.46. The second-order valence-electron chi connectivity index (χ2n) is 2.74. The third-order valence-corrected chi connectivity index (χ3v) is 2.17. The molecular weight excluding hydrogens is 183 g/mol. The largest absolute Gasteiger partial charge is 1.00 e. The van der Waals surface area contributed by atoms with Gasteiger partial charge < -0.3 is 14.3 Å². The van der Waals surface area contributed by atoms with Crippen molar-refractivity contribution in [3.8, 4) is 0 Å². The van der Waals surface area contributed by atoms with Crippen LogP contribution in [0.5, 0.6) is 0 Å². The van der Waals surface area contributed by atoms with Crippen molar-refractivity contribution in [2.24, 2.45) is 11.8 Å². The molecule has 2 rings (SSSR count). The van der Waals surface area contributed by atoms with Gasteiger partial charge in [0.05, 0.1) is 12.2 Å². The SMILES string of the molecule is O=[C-]C1C2C=CC(O2)C1[C-]=O.[K+]. The first kappa shape index (κ1) is 10.8. The van der Waals surface area contributed by atoms with Gasteiger partial charge in [0.15, 0.2) is 0 Å². The first-order chi connectivity index (χ1) is 5.36. The number of hydrogen-bond donors (Lipinski definition) is 0. The number of ether oxygens (including phenoxy) is 1. The van der Waals surface area contributed by atoms with Gasteiger partial charge in [-0.15, -0.1) is 11.8 Å². The maximum atomic E-state index is 10.3. The van der Waals surface area contributed by atoms with Crippen LogP contribution in [0.1, 0.15) is 0 Å². The van der Waals surface area contributed by atoms with Crippen LogP contribution >= 0.6 is 0 Å². The first-order valence-corrected chi connectivity index (χ1v) is 3.46. The molecule has 1 saturated heterocycles. The van der Waals surface area contributed by atoms with Crippen molar-refractivity contribution in [1.82, 2.24) is 0 Å². The quantitative estimate of drug-likeness (QED) is 0.261. The van der Waals surface area contributed by atoms with Crippen LogP contribution in [-0.2, 0) is 14.3 Å². The zero-order valence-corrected chi connectivity index (χ0v) is 9.81. The summed E-state index contributed by atoms with van der Waals surface area (Å²) < 4.78 is 5.24. The van der Waals surface area contributed by atoms with Crippen LogP contribution in [0.2, 0.25) is 0 Å². The number of carbonyl (C=O) groups excluding carboxylic acids is 2. The second-order valence-corrected chi connectivity index (χ2v) is 2.74. The van der Waals surface area contributed by atoms with E-state index in [2.05, 4.69) is 0 Å². The van der Waals surface area contributed by atoms with E-state index in [9.17, 15) is 9.59 Å². The molecule has 2 heterocycles. The summed E-state index contributed by atoms with van der Waals surface area (Å²) in [4.78, 5) is 20.7. The predicted octanol–water partition coefficient (Wildman–Crippen LogP) is -3.22. The van der Waals surface area contributed by atoms with Crippen molar-refractivity contribution in [3.05, 3.63) is 12.2 Å². The fraction of sp³-hybridized carbons (Fsp3) is 0.500. The molecule has 4 heteroatoms. The molecule has 0 saturated carbocycles. The second kappa shape index (κ2) is 4.26. The van der Waals surface area contributed by atoms with Crippen molar-refractivity contribution in [1.29, 1.82) is 0 Å². The molecule has 2 bridgehead atoms. The maximum absolute atomic E-state index is 10.3. The predicted molar refractivity (Wildman–Crippen MR) is 36.2 cm³/mol. The number of hydrogen-bond acceptors (Lipinski definition) is 3. The Balaban J connectivity index is 0.000000720. The van der Waals surface area contributed by atoms with Crippen LogP contribution in [0.3, 0.4) is 0 Å². The smallest absolute Gasteiger partial charge is 0.541 e. The summed E-state index contributed by atoms with van der Waals surface area (Å²) in [5.74, 6) is -0.856. The molecule has 0 N–H and O–H groups in total. The molecule has 12 heavy (non-hydrogen) atoms. The zero-order chi connectivity index (χ0) is 7.84. The molecule has 0 aromatic heterocycles. The van der Waals surface area contributed by atoms with Gasteiger partial charge in [0, 0.05) is 0 Å². The molecule has 0 aromatic carbocycles. The molecular formula is C8H6KO3-. The topological polar surface area (TPSA) is 43.4 Å². The molecule has 2 aliphatic rings. The average Bonchev–Trinajstić information content (AvgIpc) is 2.60. The van der Waals surface area contributed by atoms with E-state index in [0.717, 1.165) is 0 Å². The minimum absolute atomic E-state index is 0. The summed E-state index contributed by atoms with van der Waals surface area (Å²) in [6.07, 6.45) is 6.75. The Hall–Kier alpha value is 0.676. The van der Waals surface area contributed by atoms with Crippen molar-refractivity contribution in [2.45, 2.75) is 12.2 Å². The van der Waals surface area contributed by atoms with E-state index < -0.39 is 11.8 Å². The van der Waals surface area contributed by atoms with Crippen LogP contribution in [0, 0.1) is 11.8 Å². The van der Waals surface area contributed by atoms with E-state index in [1.165, 1.54) is 0 Å². The molecule has 0 aliphatic carbocycles. The Morgan fingerprint density at radius 3 is 1.75 bits per heavy atom. The minimum Gasteiger partial charge on any atom is -0.541 e. The monoisotopic (exact) mass is 189 g/mol. The molecule has 2 aliphatic heterocycles. The van der Waals surface area contributed by atoms with E-state index in [0.29, 0.717) is 0 Å². The van der Waals surface area contributed by atoms with Gasteiger partial charge in [-0.2, -0.15) is 0 Å². The summed E-state index contributed by atoms with van der Waals surface area (Å²) >= 11 is 0. The van der Waals surface area contributed by atoms with Crippen LogP contribution in [0.4, 0.5) is 0 Å². The summed E-state index contributed by atoms with van der Waals surface area (Å²) in [5.41, 5.74) is 0. The summed E-state index contributed by atoms with van der Waals surface area (Å²) in [6, 6.07) is 0. The van der Waals surface area contributed by atoms with Gasteiger partial charge >= 0.3 is 51.4 Å². The third kappa shape index (κ3) is 1.52. The fourth-order valence-electron chi connectivity index (χ4n) is 1.59. The van der Waals surface area contributed by atoms with Crippen LogP contribution < -0.4 is 51.4 Å².